The van der Waals surface area contributed by atoms with Crippen LogP contribution in [0.25, 0.3) is 10.4 Å². The van der Waals surface area contributed by atoms with Crippen molar-refractivity contribution >= 4 is 28.2 Å². The third-order valence-corrected chi connectivity index (χ3v) is 4.82. The highest BCUT2D eigenvalue weighted by atomic mass is 32.1. The van der Waals surface area contributed by atoms with Crippen LogP contribution in [0.1, 0.15) is 21.5 Å². The molecule has 1 amide bonds. The minimum atomic E-state index is -5.08. The molecule has 3 rings (SSSR count). The maximum Gasteiger partial charge on any atom is 0.490 e. The van der Waals surface area contributed by atoms with Crippen LogP contribution in [0.5, 0.6) is 5.75 Å². The molecule has 0 radical (unpaired) electrons. The van der Waals surface area contributed by atoms with Gasteiger partial charge in [-0.15, -0.1) is 11.3 Å². The standard InChI is InChI=1S/C14H14N2O2S.C2HF3O2/c1-18-8-4-2-7-3-5-9-11(13(15)17)14(16)19-12(9)10(7)6-8;3-2(4,5)1(6)7/h2,4,6H,3,5,16H2,1H3,(H2,15,17);(H,6,7). The molecule has 140 valence electrons. The van der Waals surface area contributed by atoms with E-state index in [1.807, 2.05) is 12.1 Å². The van der Waals surface area contributed by atoms with E-state index in [2.05, 4.69) is 6.07 Å². The van der Waals surface area contributed by atoms with Gasteiger partial charge in [0.05, 0.1) is 17.7 Å². The lowest BCUT2D eigenvalue weighted by atomic mass is 9.89. The number of hydrogen-bond donors (Lipinski definition) is 3. The molecule has 1 aliphatic rings. The predicted octanol–water partition coefficient (Wildman–Crippen LogP) is 2.84. The smallest absolute Gasteiger partial charge is 0.490 e. The summed E-state index contributed by atoms with van der Waals surface area (Å²) in [6, 6.07) is 6.01. The Morgan fingerprint density at radius 2 is 1.88 bits per heavy atom. The molecule has 0 fully saturated rings. The van der Waals surface area contributed by atoms with Crippen molar-refractivity contribution in [1.82, 2.24) is 0 Å². The second-order valence-electron chi connectivity index (χ2n) is 5.34. The van der Waals surface area contributed by atoms with Gasteiger partial charge in [-0.2, -0.15) is 13.2 Å². The number of aliphatic carboxylic acids is 1. The number of fused-ring (bicyclic) bond motifs is 3. The summed E-state index contributed by atoms with van der Waals surface area (Å²) in [7, 11) is 1.64. The Hall–Kier alpha value is -2.75. The van der Waals surface area contributed by atoms with E-state index in [0.29, 0.717) is 10.6 Å². The summed E-state index contributed by atoms with van der Waals surface area (Å²) in [5, 5.41) is 7.63. The maximum absolute atomic E-state index is 11.5. The average molecular weight is 388 g/mol. The number of rotatable bonds is 2. The van der Waals surface area contributed by atoms with Gasteiger partial charge in [-0.3, -0.25) is 4.79 Å². The molecule has 0 atom stereocenters. The fourth-order valence-electron chi connectivity index (χ4n) is 2.58. The number of anilines is 1. The van der Waals surface area contributed by atoms with Crippen LogP contribution in [0.3, 0.4) is 0 Å². The Kier molecular flexibility index (Phi) is 5.45. The summed E-state index contributed by atoms with van der Waals surface area (Å²) in [6.45, 7) is 0. The van der Waals surface area contributed by atoms with E-state index in [1.165, 1.54) is 16.9 Å². The number of methoxy groups -OCH3 is 1. The Labute approximate surface area is 150 Å². The van der Waals surface area contributed by atoms with Gasteiger partial charge in [-0.25, -0.2) is 4.79 Å². The Morgan fingerprint density at radius 1 is 1.27 bits per heavy atom. The summed E-state index contributed by atoms with van der Waals surface area (Å²) in [4.78, 5) is 21.5. The number of nitrogens with two attached hydrogens (primary N) is 2. The number of halogens is 3. The fourth-order valence-corrected chi connectivity index (χ4v) is 3.76. The van der Waals surface area contributed by atoms with Crippen molar-refractivity contribution < 1.29 is 32.6 Å². The van der Waals surface area contributed by atoms with Gasteiger partial charge in [0.15, 0.2) is 0 Å². The van der Waals surface area contributed by atoms with Gasteiger partial charge < -0.3 is 21.3 Å². The number of hydrogen-bond acceptors (Lipinski definition) is 5. The normalized spacial score (nSPS) is 12.3. The molecule has 6 nitrogen and oxygen atoms in total. The SMILES string of the molecule is COc1ccc2c(c1)-c1sc(N)c(C(N)=O)c1CC2.O=C(O)C(F)(F)F. The Bertz CT molecular complexity index is 862. The number of ether oxygens (including phenoxy) is 1. The highest BCUT2D eigenvalue weighted by molar-refractivity contribution is 7.20. The van der Waals surface area contributed by atoms with Crippen LogP contribution in [-0.2, 0) is 17.6 Å². The number of aryl methyl sites for hydroxylation is 1. The van der Waals surface area contributed by atoms with Crippen LogP contribution in [0, 0.1) is 0 Å². The van der Waals surface area contributed by atoms with E-state index < -0.39 is 18.1 Å². The van der Waals surface area contributed by atoms with Crippen LogP contribution in [0.4, 0.5) is 18.2 Å². The third-order valence-electron chi connectivity index (χ3n) is 3.73. The van der Waals surface area contributed by atoms with E-state index in [4.69, 9.17) is 26.1 Å². The first-order valence-corrected chi connectivity index (χ1v) is 8.06. The first-order chi connectivity index (χ1) is 12.1. The quantitative estimate of drug-likeness (QED) is 0.732. The van der Waals surface area contributed by atoms with Crippen molar-refractivity contribution in [1.29, 1.82) is 0 Å². The summed E-state index contributed by atoms with van der Waals surface area (Å²) in [5.74, 6) is -2.40. The lowest BCUT2D eigenvalue weighted by Crippen LogP contribution is -2.21. The molecule has 0 bridgehead atoms. The molecule has 2 aromatic rings. The molecule has 1 heterocycles. The number of primary amides is 1. The van der Waals surface area contributed by atoms with Crippen LogP contribution >= 0.6 is 11.3 Å². The molecule has 5 N–H and O–H groups in total. The van der Waals surface area contributed by atoms with Crippen LogP contribution in [-0.4, -0.2) is 30.3 Å². The van der Waals surface area contributed by atoms with E-state index >= 15 is 0 Å². The largest absolute Gasteiger partial charge is 0.497 e. The minimum Gasteiger partial charge on any atom is -0.497 e. The topological polar surface area (TPSA) is 116 Å². The molecule has 1 aliphatic carbocycles. The van der Waals surface area contributed by atoms with Crippen molar-refractivity contribution in [2.45, 2.75) is 19.0 Å². The van der Waals surface area contributed by atoms with Crippen LogP contribution in [0.15, 0.2) is 18.2 Å². The first-order valence-electron chi connectivity index (χ1n) is 7.24. The van der Waals surface area contributed by atoms with Gasteiger partial charge >= 0.3 is 12.1 Å². The molecular formula is C16H15F3N2O4S. The van der Waals surface area contributed by atoms with Crippen LogP contribution in [0.2, 0.25) is 0 Å². The zero-order valence-corrected chi connectivity index (χ0v) is 14.3. The molecule has 26 heavy (non-hydrogen) atoms. The summed E-state index contributed by atoms with van der Waals surface area (Å²) < 4.78 is 37.0. The molecule has 0 unspecified atom stereocenters. The van der Waals surface area contributed by atoms with Gasteiger partial charge in [0.2, 0.25) is 0 Å². The van der Waals surface area contributed by atoms with E-state index in [9.17, 15) is 18.0 Å². The molecule has 1 aromatic carbocycles. The summed E-state index contributed by atoms with van der Waals surface area (Å²) in [5.41, 5.74) is 15.2. The fraction of sp³-hybridized carbons (Fsp3) is 0.250. The zero-order chi connectivity index (χ0) is 19.6. The van der Waals surface area contributed by atoms with E-state index in [0.717, 1.165) is 34.6 Å². The number of thiophene rings is 1. The second-order valence-corrected chi connectivity index (χ2v) is 6.39. The molecule has 10 heteroatoms. The molecule has 0 saturated heterocycles. The molecule has 0 spiro atoms. The second kappa shape index (κ2) is 7.24. The molecule has 0 saturated carbocycles. The van der Waals surface area contributed by atoms with Gasteiger partial charge in [-0.05, 0) is 41.7 Å². The first kappa shape index (κ1) is 19.6. The minimum absolute atomic E-state index is 0.443. The number of carboxylic acid groups (broad SMARTS) is 1. The van der Waals surface area contributed by atoms with Crippen molar-refractivity contribution in [2.24, 2.45) is 5.73 Å². The monoisotopic (exact) mass is 388 g/mol. The number of carboxylic acids is 1. The average Bonchev–Trinajstić information content (AvgIpc) is 2.90. The van der Waals surface area contributed by atoms with Crippen molar-refractivity contribution in [3.63, 3.8) is 0 Å². The molecular weight excluding hydrogens is 373 g/mol. The number of benzene rings is 1. The van der Waals surface area contributed by atoms with E-state index in [1.54, 1.807) is 7.11 Å². The number of amides is 1. The number of carbonyl (C=O) groups is 2. The van der Waals surface area contributed by atoms with Gasteiger partial charge in [0.25, 0.3) is 5.91 Å². The van der Waals surface area contributed by atoms with Gasteiger partial charge in [0.1, 0.15) is 5.75 Å². The number of alkyl halides is 3. The molecule has 1 aromatic heterocycles. The predicted molar refractivity (Wildman–Crippen MR) is 90.3 cm³/mol. The number of nitrogen functional groups attached to an aromatic ring is 1. The number of carbonyl (C=O) groups excluding carboxylic acids is 1. The highest BCUT2D eigenvalue weighted by Crippen LogP contribution is 2.44. The maximum atomic E-state index is 11.5. The lowest BCUT2D eigenvalue weighted by molar-refractivity contribution is -0.192. The highest BCUT2D eigenvalue weighted by Gasteiger charge is 2.38. The Morgan fingerprint density at radius 3 is 2.38 bits per heavy atom. The molecule has 0 aliphatic heterocycles. The van der Waals surface area contributed by atoms with Gasteiger partial charge in [-0.1, -0.05) is 6.07 Å². The van der Waals surface area contributed by atoms with Crippen molar-refractivity contribution in [3.8, 4) is 16.2 Å². The van der Waals surface area contributed by atoms with Crippen molar-refractivity contribution in [3.05, 3.63) is 34.9 Å². The van der Waals surface area contributed by atoms with Crippen LogP contribution < -0.4 is 16.2 Å². The van der Waals surface area contributed by atoms with Crippen molar-refractivity contribution in [2.75, 3.05) is 12.8 Å². The van der Waals surface area contributed by atoms with Gasteiger partial charge in [0, 0.05) is 4.88 Å². The summed E-state index contributed by atoms with van der Waals surface area (Å²) in [6.07, 6.45) is -3.39. The summed E-state index contributed by atoms with van der Waals surface area (Å²) >= 11 is 1.43. The lowest BCUT2D eigenvalue weighted by Gasteiger charge is -2.17. The third kappa shape index (κ3) is 3.90. The Balaban J connectivity index is 0.000000298. The van der Waals surface area contributed by atoms with E-state index in [-0.39, 0.29) is 0 Å². The zero-order valence-electron chi connectivity index (χ0n) is 13.5.